The van der Waals surface area contributed by atoms with Crippen LogP contribution in [0.2, 0.25) is 0 Å². The van der Waals surface area contributed by atoms with Crippen molar-refractivity contribution < 1.29 is 19.1 Å². The summed E-state index contributed by atoms with van der Waals surface area (Å²) in [5.74, 6) is -0.944. The van der Waals surface area contributed by atoms with E-state index in [4.69, 9.17) is 9.47 Å². The van der Waals surface area contributed by atoms with E-state index in [0.29, 0.717) is 12.1 Å². The van der Waals surface area contributed by atoms with E-state index in [1.807, 2.05) is 37.4 Å². The second-order valence-corrected chi connectivity index (χ2v) is 7.89. The normalized spacial score (nSPS) is 26.7. The molecule has 4 rings (SSSR count). The van der Waals surface area contributed by atoms with Gasteiger partial charge in [-0.05, 0) is 48.6 Å². The quantitative estimate of drug-likeness (QED) is 0.894. The molecule has 1 saturated carbocycles. The van der Waals surface area contributed by atoms with Crippen LogP contribution in [0.3, 0.4) is 0 Å². The predicted molar refractivity (Wildman–Crippen MR) is 98.0 cm³/mol. The van der Waals surface area contributed by atoms with E-state index in [2.05, 4.69) is 9.69 Å². The lowest BCUT2D eigenvalue weighted by Crippen LogP contribution is -2.25. The fourth-order valence-corrected chi connectivity index (χ4v) is 4.29. The van der Waals surface area contributed by atoms with Gasteiger partial charge in [-0.15, -0.1) is 0 Å². The van der Waals surface area contributed by atoms with Gasteiger partial charge in [0, 0.05) is 42.1 Å². The number of benzene rings is 1. The molecule has 26 heavy (non-hydrogen) atoms. The summed E-state index contributed by atoms with van der Waals surface area (Å²) in [5.41, 5.74) is 3.59. The lowest BCUT2D eigenvalue weighted by Gasteiger charge is -2.22. The van der Waals surface area contributed by atoms with E-state index in [9.17, 15) is 9.59 Å². The molecule has 2 aliphatic rings. The number of amides is 1. The summed E-state index contributed by atoms with van der Waals surface area (Å²) in [6, 6.07) is 5.88. The maximum absolute atomic E-state index is 12.4. The lowest BCUT2D eigenvalue weighted by atomic mass is 9.92. The van der Waals surface area contributed by atoms with Crippen LogP contribution in [0, 0.1) is 0 Å². The van der Waals surface area contributed by atoms with Gasteiger partial charge in [0.1, 0.15) is 12.2 Å². The zero-order valence-electron chi connectivity index (χ0n) is 14.8. The van der Waals surface area contributed by atoms with Crippen LogP contribution in [0.4, 0.5) is 5.69 Å². The van der Waals surface area contributed by atoms with E-state index < -0.39 is 11.9 Å². The Morgan fingerprint density at radius 3 is 2.77 bits per heavy atom. The van der Waals surface area contributed by atoms with Crippen LogP contribution in [0.25, 0.3) is 11.1 Å². The number of ketones is 1. The standard InChI is InChI=1S/C19H20N2O4S/c1-10(22)21-14-5-11(13-8-20-26-9-13)4-12(6-14)15-7-16(23)18-17(15)24-19(2,3)25-18/h4-6,8-9,15,17-18H,7H2,1-3H3,(H,21,22)/t15-,17-,18+/m1/s1. The number of nitrogens with zero attached hydrogens (tertiary/aromatic N) is 1. The van der Waals surface area contributed by atoms with Crippen molar-refractivity contribution in [1.82, 2.24) is 4.37 Å². The minimum Gasteiger partial charge on any atom is -0.343 e. The molecule has 2 fully saturated rings. The minimum atomic E-state index is -0.765. The third-order valence-corrected chi connectivity index (χ3v) is 5.32. The number of ether oxygens (including phenoxy) is 2. The fourth-order valence-electron chi connectivity index (χ4n) is 3.74. The first kappa shape index (κ1) is 17.3. The van der Waals surface area contributed by atoms with Crippen molar-refractivity contribution in [3.8, 4) is 11.1 Å². The van der Waals surface area contributed by atoms with Crippen molar-refractivity contribution >= 4 is 28.9 Å². The molecule has 0 radical (unpaired) electrons. The zero-order valence-corrected chi connectivity index (χ0v) is 15.6. The number of hydrogen-bond donors (Lipinski definition) is 1. The van der Waals surface area contributed by atoms with Gasteiger partial charge in [-0.3, -0.25) is 9.59 Å². The molecule has 3 atom stereocenters. The van der Waals surface area contributed by atoms with Gasteiger partial charge < -0.3 is 14.8 Å². The predicted octanol–water partition coefficient (Wildman–Crippen LogP) is 3.35. The topological polar surface area (TPSA) is 77.5 Å². The molecule has 0 bridgehead atoms. The number of nitrogens with one attached hydrogen (secondary N) is 1. The van der Waals surface area contributed by atoms with Crippen molar-refractivity contribution in [2.45, 2.75) is 51.1 Å². The summed E-state index contributed by atoms with van der Waals surface area (Å²) in [4.78, 5) is 24.0. The maximum Gasteiger partial charge on any atom is 0.221 e. The molecule has 2 heterocycles. The van der Waals surface area contributed by atoms with Gasteiger partial charge in [0.25, 0.3) is 0 Å². The van der Waals surface area contributed by atoms with Crippen molar-refractivity contribution in [1.29, 1.82) is 0 Å². The Hall–Kier alpha value is -2.09. The summed E-state index contributed by atoms with van der Waals surface area (Å²) in [6.45, 7) is 5.13. The Labute approximate surface area is 155 Å². The Morgan fingerprint density at radius 2 is 2.08 bits per heavy atom. The summed E-state index contributed by atoms with van der Waals surface area (Å²) < 4.78 is 16.0. The van der Waals surface area contributed by atoms with Gasteiger partial charge >= 0.3 is 0 Å². The molecule has 0 unspecified atom stereocenters. The van der Waals surface area contributed by atoms with Gasteiger partial charge in [-0.2, -0.15) is 0 Å². The maximum atomic E-state index is 12.4. The van der Waals surface area contributed by atoms with E-state index in [0.717, 1.165) is 16.7 Å². The van der Waals surface area contributed by atoms with Gasteiger partial charge in [-0.25, -0.2) is 4.37 Å². The third kappa shape index (κ3) is 3.18. The number of hydrogen-bond acceptors (Lipinski definition) is 6. The van der Waals surface area contributed by atoms with E-state index in [1.165, 1.54) is 18.5 Å². The Kier molecular flexibility index (Phi) is 4.17. The molecule has 2 aromatic rings. The van der Waals surface area contributed by atoms with Crippen LogP contribution < -0.4 is 5.32 Å². The molecule has 1 saturated heterocycles. The van der Waals surface area contributed by atoms with Gasteiger partial charge in [0.15, 0.2) is 11.6 Å². The van der Waals surface area contributed by atoms with Crippen molar-refractivity contribution in [2.75, 3.05) is 5.32 Å². The van der Waals surface area contributed by atoms with E-state index >= 15 is 0 Å². The molecule has 7 heteroatoms. The molecule has 1 aliphatic carbocycles. The minimum absolute atomic E-state index is 0.0641. The van der Waals surface area contributed by atoms with Crippen LogP contribution in [0.15, 0.2) is 29.8 Å². The number of Topliss-reactive ketones (excluding diaryl/α,β-unsaturated/α-hetero) is 1. The third-order valence-electron chi connectivity index (χ3n) is 4.73. The zero-order chi connectivity index (χ0) is 18.5. The van der Waals surface area contributed by atoms with Crippen LogP contribution in [-0.4, -0.2) is 34.1 Å². The summed E-state index contributed by atoms with van der Waals surface area (Å²) in [5, 5.41) is 4.80. The molecular weight excluding hydrogens is 352 g/mol. The molecule has 1 N–H and O–H groups in total. The molecule has 6 nitrogen and oxygen atoms in total. The summed E-state index contributed by atoms with van der Waals surface area (Å²) in [7, 11) is 0. The van der Waals surface area contributed by atoms with Crippen molar-refractivity contribution in [3.05, 3.63) is 35.3 Å². The average Bonchev–Trinajstić information content (AvgIpc) is 3.24. The van der Waals surface area contributed by atoms with Gasteiger partial charge in [0.2, 0.25) is 5.91 Å². The fraction of sp³-hybridized carbons (Fsp3) is 0.421. The number of fused-ring (bicyclic) bond motifs is 1. The van der Waals surface area contributed by atoms with E-state index in [1.54, 1.807) is 6.20 Å². The second-order valence-electron chi connectivity index (χ2n) is 7.24. The molecule has 1 amide bonds. The summed E-state index contributed by atoms with van der Waals surface area (Å²) in [6.07, 6.45) is 1.34. The number of rotatable bonds is 3. The lowest BCUT2D eigenvalue weighted by molar-refractivity contribution is -0.160. The van der Waals surface area contributed by atoms with Crippen molar-refractivity contribution in [3.63, 3.8) is 0 Å². The number of carbonyl (C=O) groups is 2. The Bertz CT molecular complexity index is 862. The first-order chi connectivity index (χ1) is 12.3. The highest BCUT2D eigenvalue weighted by atomic mass is 32.1. The first-order valence-corrected chi connectivity index (χ1v) is 9.37. The monoisotopic (exact) mass is 372 g/mol. The summed E-state index contributed by atoms with van der Waals surface area (Å²) >= 11 is 1.37. The largest absolute Gasteiger partial charge is 0.343 e. The van der Waals surface area contributed by atoms with Crippen molar-refractivity contribution in [2.24, 2.45) is 0 Å². The SMILES string of the molecule is CC(=O)Nc1cc(-c2cnsc2)cc([C@H]2CC(=O)[C@@H]3OC(C)(C)O[C@H]23)c1. The van der Waals surface area contributed by atoms with Crippen LogP contribution >= 0.6 is 11.5 Å². The number of aromatic nitrogens is 1. The smallest absolute Gasteiger partial charge is 0.221 e. The van der Waals surface area contributed by atoms with Gasteiger partial charge in [0.05, 0.1) is 0 Å². The van der Waals surface area contributed by atoms with Crippen LogP contribution in [0.5, 0.6) is 0 Å². The molecule has 1 aromatic heterocycles. The molecule has 1 aliphatic heterocycles. The van der Waals surface area contributed by atoms with Gasteiger partial charge in [-0.1, -0.05) is 6.07 Å². The van der Waals surface area contributed by atoms with Crippen LogP contribution in [0.1, 0.15) is 38.7 Å². The average molecular weight is 372 g/mol. The number of carbonyl (C=O) groups excluding carboxylic acids is 2. The Balaban J connectivity index is 1.74. The highest BCUT2D eigenvalue weighted by Crippen LogP contribution is 2.45. The number of anilines is 1. The van der Waals surface area contributed by atoms with E-state index in [-0.39, 0.29) is 23.7 Å². The molecule has 1 aromatic carbocycles. The van der Waals surface area contributed by atoms with Crippen LogP contribution in [-0.2, 0) is 19.1 Å². The molecule has 0 spiro atoms. The highest BCUT2D eigenvalue weighted by molar-refractivity contribution is 7.03. The molecular formula is C19H20N2O4S. The molecule has 136 valence electrons. The second kappa shape index (κ2) is 6.26. The Morgan fingerprint density at radius 1 is 1.27 bits per heavy atom. The highest BCUT2D eigenvalue weighted by Gasteiger charge is 2.54. The first-order valence-electron chi connectivity index (χ1n) is 8.53.